The summed E-state index contributed by atoms with van der Waals surface area (Å²) in [5.41, 5.74) is 1.09. The van der Waals surface area contributed by atoms with Gasteiger partial charge in [0.2, 0.25) is 0 Å². The average molecular weight is 479 g/mol. The smallest absolute Gasteiger partial charge is 0.191 e. The molecule has 132 valence electrons. The van der Waals surface area contributed by atoms with Crippen molar-refractivity contribution >= 4 is 52.9 Å². The number of aliphatic imine (C=N–C) groups is 1. The van der Waals surface area contributed by atoms with Gasteiger partial charge in [-0.3, -0.25) is 0 Å². The first-order valence-corrected chi connectivity index (χ1v) is 8.93. The van der Waals surface area contributed by atoms with E-state index in [4.69, 9.17) is 11.6 Å². The second kappa shape index (κ2) is 10.2. The minimum atomic E-state index is 0. The number of aromatic nitrogens is 1. The highest BCUT2D eigenvalue weighted by atomic mass is 127. The largest absolute Gasteiger partial charge is 0.357 e. The average Bonchev–Trinajstić information content (AvgIpc) is 3.07. The number of nitrogens with one attached hydrogen (secondary N) is 2. The van der Waals surface area contributed by atoms with Crippen LogP contribution in [-0.4, -0.2) is 24.0 Å². The van der Waals surface area contributed by atoms with Gasteiger partial charge in [-0.2, -0.15) is 0 Å². The Kier molecular flexibility index (Phi) is 9.01. The molecule has 0 saturated heterocycles. The third-order valence-corrected chi connectivity index (χ3v) is 4.90. The molecule has 2 aromatic rings. The number of halogens is 2. The van der Waals surface area contributed by atoms with Crippen LogP contribution in [0.1, 0.15) is 31.2 Å². The zero-order valence-electron chi connectivity index (χ0n) is 14.2. The number of rotatable bonds is 6. The van der Waals surface area contributed by atoms with Crippen molar-refractivity contribution in [3.05, 3.63) is 51.4 Å². The van der Waals surface area contributed by atoms with Crippen LogP contribution in [-0.2, 0) is 12.0 Å². The van der Waals surface area contributed by atoms with Crippen LogP contribution in [0.25, 0.3) is 0 Å². The molecule has 0 bridgehead atoms. The molecule has 0 radical (unpaired) electrons. The Morgan fingerprint density at radius 2 is 2.08 bits per heavy atom. The number of guanidine groups is 1. The SMILES string of the molecule is CCNC(=NCc1ccc(Cl)nc1)NCC(C)(C)c1cccs1.I. The van der Waals surface area contributed by atoms with E-state index in [1.807, 2.05) is 6.07 Å². The summed E-state index contributed by atoms with van der Waals surface area (Å²) in [4.78, 5) is 10.1. The van der Waals surface area contributed by atoms with Gasteiger partial charge in [-0.15, -0.1) is 35.3 Å². The maximum absolute atomic E-state index is 5.80. The highest BCUT2D eigenvalue weighted by Gasteiger charge is 2.21. The van der Waals surface area contributed by atoms with Crippen molar-refractivity contribution in [3.63, 3.8) is 0 Å². The fraction of sp³-hybridized carbons (Fsp3) is 0.412. The van der Waals surface area contributed by atoms with Crippen molar-refractivity contribution in [2.24, 2.45) is 4.99 Å². The molecule has 0 amide bonds. The molecule has 0 aliphatic heterocycles. The van der Waals surface area contributed by atoms with Crippen molar-refractivity contribution in [2.45, 2.75) is 32.7 Å². The van der Waals surface area contributed by atoms with E-state index < -0.39 is 0 Å². The van der Waals surface area contributed by atoms with E-state index in [0.29, 0.717) is 11.7 Å². The van der Waals surface area contributed by atoms with Crippen molar-refractivity contribution in [3.8, 4) is 0 Å². The summed E-state index contributed by atoms with van der Waals surface area (Å²) in [6.07, 6.45) is 1.75. The van der Waals surface area contributed by atoms with Gasteiger partial charge in [0.05, 0.1) is 6.54 Å². The molecular formula is C17H24ClIN4S. The summed E-state index contributed by atoms with van der Waals surface area (Å²) in [5, 5.41) is 9.32. The van der Waals surface area contributed by atoms with Gasteiger partial charge in [0.15, 0.2) is 5.96 Å². The molecule has 24 heavy (non-hydrogen) atoms. The van der Waals surface area contributed by atoms with Gasteiger partial charge < -0.3 is 10.6 Å². The van der Waals surface area contributed by atoms with Gasteiger partial charge in [0.1, 0.15) is 5.15 Å². The first-order chi connectivity index (χ1) is 11.0. The predicted octanol–water partition coefficient (Wildman–Crippen LogP) is 4.45. The molecular weight excluding hydrogens is 455 g/mol. The lowest BCUT2D eigenvalue weighted by Crippen LogP contribution is -2.43. The lowest BCUT2D eigenvalue weighted by atomic mass is 9.91. The predicted molar refractivity (Wildman–Crippen MR) is 115 cm³/mol. The molecule has 0 spiro atoms. The molecule has 0 atom stereocenters. The molecule has 0 aliphatic carbocycles. The van der Waals surface area contributed by atoms with Crippen LogP contribution < -0.4 is 10.6 Å². The molecule has 0 aromatic carbocycles. The van der Waals surface area contributed by atoms with Gasteiger partial charge in [-0.25, -0.2) is 9.98 Å². The van der Waals surface area contributed by atoms with Crippen molar-refractivity contribution < 1.29 is 0 Å². The lowest BCUT2D eigenvalue weighted by Gasteiger charge is -2.25. The standard InChI is InChI=1S/C17H23ClN4S.HI/c1-4-19-16(21-11-13-7-8-15(18)20-10-13)22-12-17(2,3)14-6-5-9-23-14;/h5-10H,4,11-12H2,1-3H3,(H2,19,21,22);1H. The second-order valence-corrected chi connectivity index (χ2v) is 7.23. The van der Waals surface area contributed by atoms with E-state index in [-0.39, 0.29) is 29.4 Å². The fourth-order valence-corrected chi connectivity index (χ4v) is 3.03. The summed E-state index contributed by atoms with van der Waals surface area (Å²) in [6, 6.07) is 8.00. The van der Waals surface area contributed by atoms with Crippen LogP contribution in [0.15, 0.2) is 40.8 Å². The van der Waals surface area contributed by atoms with E-state index in [9.17, 15) is 0 Å². The normalized spacial score (nSPS) is 11.8. The minimum absolute atomic E-state index is 0. The van der Waals surface area contributed by atoms with Crippen LogP contribution in [0.3, 0.4) is 0 Å². The van der Waals surface area contributed by atoms with Gasteiger partial charge >= 0.3 is 0 Å². The van der Waals surface area contributed by atoms with E-state index >= 15 is 0 Å². The van der Waals surface area contributed by atoms with E-state index in [1.54, 1.807) is 23.6 Å². The Bertz CT molecular complexity index is 627. The van der Waals surface area contributed by atoms with Crippen molar-refractivity contribution in [1.29, 1.82) is 0 Å². The zero-order chi connectivity index (χ0) is 16.7. The second-order valence-electron chi connectivity index (χ2n) is 5.90. The highest BCUT2D eigenvalue weighted by Crippen LogP contribution is 2.26. The lowest BCUT2D eigenvalue weighted by molar-refractivity contribution is 0.518. The van der Waals surface area contributed by atoms with Crippen LogP contribution in [0.5, 0.6) is 0 Å². The van der Waals surface area contributed by atoms with E-state index in [1.165, 1.54) is 4.88 Å². The first kappa shape index (κ1) is 21.2. The molecule has 7 heteroatoms. The Hall–Kier alpha value is -0.860. The molecule has 2 N–H and O–H groups in total. The summed E-state index contributed by atoms with van der Waals surface area (Å²) >= 11 is 7.59. The molecule has 0 fully saturated rings. The van der Waals surface area contributed by atoms with Crippen molar-refractivity contribution in [1.82, 2.24) is 15.6 Å². The van der Waals surface area contributed by atoms with E-state index in [0.717, 1.165) is 24.6 Å². The Morgan fingerprint density at radius 1 is 1.29 bits per heavy atom. The maximum atomic E-state index is 5.80. The monoisotopic (exact) mass is 478 g/mol. The molecule has 0 aliphatic rings. The van der Waals surface area contributed by atoms with Gasteiger partial charge in [-0.1, -0.05) is 37.6 Å². The van der Waals surface area contributed by atoms with Gasteiger partial charge in [0.25, 0.3) is 0 Å². The number of hydrogen-bond donors (Lipinski definition) is 2. The Labute approximate surface area is 170 Å². The fourth-order valence-electron chi connectivity index (χ4n) is 2.07. The minimum Gasteiger partial charge on any atom is -0.357 e. The highest BCUT2D eigenvalue weighted by molar-refractivity contribution is 14.0. The van der Waals surface area contributed by atoms with Gasteiger partial charge in [-0.05, 0) is 30.0 Å². The van der Waals surface area contributed by atoms with Crippen LogP contribution >= 0.6 is 46.9 Å². The molecule has 2 aromatic heterocycles. The summed E-state index contributed by atoms with van der Waals surface area (Å²) in [6.45, 7) is 8.74. The van der Waals surface area contributed by atoms with E-state index in [2.05, 4.69) is 58.9 Å². The third-order valence-electron chi connectivity index (χ3n) is 3.44. The van der Waals surface area contributed by atoms with Gasteiger partial charge in [0, 0.05) is 29.6 Å². The number of hydrogen-bond acceptors (Lipinski definition) is 3. The number of pyridine rings is 1. The van der Waals surface area contributed by atoms with Crippen LogP contribution in [0.2, 0.25) is 5.15 Å². The van der Waals surface area contributed by atoms with Crippen LogP contribution in [0.4, 0.5) is 0 Å². The molecule has 2 rings (SSSR count). The Morgan fingerprint density at radius 3 is 2.67 bits per heavy atom. The number of thiophene rings is 1. The maximum Gasteiger partial charge on any atom is 0.191 e. The molecule has 0 saturated carbocycles. The Balaban J connectivity index is 0.00000288. The summed E-state index contributed by atoms with van der Waals surface area (Å²) < 4.78 is 0. The topological polar surface area (TPSA) is 49.3 Å². The van der Waals surface area contributed by atoms with Crippen molar-refractivity contribution in [2.75, 3.05) is 13.1 Å². The summed E-state index contributed by atoms with van der Waals surface area (Å²) in [5.74, 6) is 0.812. The summed E-state index contributed by atoms with van der Waals surface area (Å²) in [7, 11) is 0. The molecule has 2 heterocycles. The molecule has 4 nitrogen and oxygen atoms in total. The quantitative estimate of drug-likeness (QED) is 0.279. The van der Waals surface area contributed by atoms with Crippen LogP contribution in [0, 0.1) is 0 Å². The molecule has 0 unspecified atom stereocenters. The number of nitrogens with zero attached hydrogens (tertiary/aromatic N) is 2. The zero-order valence-corrected chi connectivity index (χ0v) is 18.1. The third kappa shape index (κ3) is 6.57. The first-order valence-electron chi connectivity index (χ1n) is 7.68.